The zero-order chi connectivity index (χ0) is 13.9. The van der Waals surface area contributed by atoms with Gasteiger partial charge in [0.2, 0.25) is 5.88 Å². The fourth-order valence-electron chi connectivity index (χ4n) is 1.78. The number of carboxylic acid groups (broad SMARTS) is 1. The minimum absolute atomic E-state index is 0.189. The third-order valence-corrected chi connectivity index (χ3v) is 2.76. The van der Waals surface area contributed by atoms with Crippen LogP contribution in [0.4, 0.5) is 4.79 Å². The molecule has 0 saturated heterocycles. The van der Waals surface area contributed by atoms with Crippen LogP contribution in [0.3, 0.4) is 0 Å². The van der Waals surface area contributed by atoms with Crippen molar-refractivity contribution in [3.63, 3.8) is 0 Å². The molecule has 1 rings (SSSR count). The van der Waals surface area contributed by atoms with Crippen molar-refractivity contribution in [2.75, 3.05) is 0 Å². The van der Waals surface area contributed by atoms with Crippen LogP contribution in [0, 0.1) is 0 Å². The third-order valence-electron chi connectivity index (χ3n) is 2.76. The number of carbonyl (C=O) groups is 1. The average Bonchev–Trinajstić information content (AvgIpc) is 2.39. The summed E-state index contributed by atoms with van der Waals surface area (Å²) in [6.45, 7) is 2.19. The van der Waals surface area contributed by atoms with Crippen LogP contribution in [0.5, 0.6) is 5.88 Å². The number of ether oxygens (including phenoxy) is 1. The van der Waals surface area contributed by atoms with Gasteiger partial charge >= 0.3 is 6.16 Å². The number of nitrogens with zero attached hydrogens (tertiary/aromatic N) is 1. The van der Waals surface area contributed by atoms with Gasteiger partial charge in [-0.2, -0.15) is 0 Å². The molecule has 0 atom stereocenters. The van der Waals surface area contributed by atoms with Crippen molar-refractivity contribution in [1.29, 1.82) is 0 Å². The maximum absolute atomic E-state index is 10.5. The Balaban J connectivity index is 2.38. The summed E-state index contributed by atoms with van der Waals surface area (Å²) in [6.07, 6.45) is 11.0. The Morgan fingerprint density at radius 1 is 1.37 bits per heavy atom. The smallest absolute Gasteiger partial charge is 0.449 e. The average molecular weight is 263 g/mol. The summed E-state index contributed by atoms with van der Waals surface area (Å²) >= 11 is 0. The second-order valence-electron chi connectivity index (χ2n) is 4.34. The second-order valence-corrected chi connectivity index (χ2v) is 4.34. The summed E-state index contributed by atoms with van der Waals surface area (Å²) in [7, 11) is 0. The summed E-state index contributed by atoms with van der Waals surface area (Å²) in [5.74, 6) is 0.189. The number of rotatable bonds is 8. The summed E-state index contributed by atoms with van der Waals surface area (Å²) < 4.78 is 4.64. The number of allylic oxidation sites excluding steroid dienone is 2. The fraction of sp³-hybridized carbons (Fsp3) is 0.467. The molecule has 0 unspecified atom stereocenters. The van der Waals surface area contributed by atoms with Crippen molar-refractivity contribution in [2.45, 2.75) is 45.4 Å². The van der Waals surface area contributed by atoms with E-state index in [0.29, 0.717) is 0 Å². The van der Waals surface area contributed by atoms with E-state index in [1.54, 1.807) is 6.07 Å². The SMILES string of the molecule is CCCCCC=CCCc1cccnc1OC(=O)O. The highest BCUT2D eigenvalue weighted by Crippen LogP contribution is 2.16. The topological polar surface area (TPSA) is 59.4 Å². The molecular formula is C15H21NO3. The van der Waals surface area contributed by atoms with Crippen LogP contribution in [-0.2, 0) is 6.42 Å². The van der Waals surface area contributed by atoms with Crippen LogP contribution in [0.15, 0.2) is 30.5 Å². The van der Waals surface area contributed by atoms with Gasteiger partial charge in [0.25, 0.3) is 0 Å². The highest BCUT2D eigenvalue weighted by Gasteiger charge is 2.07. The first-order valence-electron chi connectivity index (χ1n) is 6.73. The summed E-state index contributed by atoms with van der Waals surface area (Å²) in [5.41, 5.74) is 0.822. The Kier molecular flexibility index (Phi) is 7.32. The van der Waals surface area contributed by atoms with E-state index in [0.717, 1.165) is 24.8 Å². The van der Waals surface area contributed by atoms with Gasteiger partial charge in [-0.3, -0.25) is 0 Å². The quantitative estimate of drug-likeness (QED) is 0.433. The van der Waals surface area contributed by atoms with E-state index in [1.807, 2.05) is 6.07 Å². The lowest BCUT2D eigenvalue weighted by Gasteiger charge is -2.04. The van der Waals surface area contributed by atoms with Gasteiger partial charge < -0.3 is 9.84 Å². The van der Waals surface area contributed by atoms with Crippen LogP contribution >= 0.6 is 0 Å². The van der Waals surface area contributed by atoms with Crippen LogP contribution in [-0.4, -0.2) is 16.2 Å². The van der Waals surface area contributed by atoms with E-state index >= 15 is 0 Å². The maximum atomic E-state index is 10.5. The number of unbranched alkanes of at least 4 members (excludes halogenated alkanes) is 3. The van der Waals surface area contributed by atoms with Crippen molar-refractivity contribution >= 4 is 6.16 Å². The molecule has 1 N–H and O–H groups in total. The maximum Gasteiger partial charge on any atom is 0.512 e. The second kappa shape index (κ2) is 9.14. The summed E-state index contributed by atoms with van der Waals surface area (Å²) in [4.78, 5) is 14.5. The lowest BCUT2D eigenvalue weighted by atomic mass is 10.1. The van der Waals surface area contributed by atoms with Gasteiger partial charge in [-0.1, -0.05) is 38.0 Å². The molecule has 1 aromatic rings. The molecule has 104 valence electrons. The van der Waals surface area contributed by atoms with E-state index < -0.39 is 6.16 Å². The van der Waals surface area contributed by atoms with Crippen LogP contribution < -0.4 is 4.74 Å². The molecule has 0 aliphatic rings. The standard InChI is InChI=1S/C15H21NO3/c1-2-3-4-5-6-7-8-10-13-11-9-12-16-14(13)19-15(17)18/h6-7,9,11-12H,2-5,8,10H2,1H3,(H,17,18). The van der Waals surface area contributed by atoms with Gasteiger partial charge in [0.05, 0.1) is 0 Å². The van der Waals surface area contributed by atoms with E-state index in [2.05, 4.69) is 28.8 Å². The molecular weight excluding hydrogens is 242 g/mol. The molecule has 0 aliphatic carbocycles. The van der Waals surface area contributed by atoms with Gasteiger partial charge in [-0.15, -0.1) is 0 Å². The van der Waals surface area contributed by atoms with Crippen molar-refractivity contribution in [2.24, 2.45) is 0 Å². The largest absolute Gasteiger partial charge is 0.512 e. The Morgan fingerprint density at radius 2 is 2.16 bits per heavy atom. The predicted octanol–water partition coefficient (Wildman–Crippen LogP) is 4.21. The van der Waals surface area contributed by atoms with E-state index in [-0.39, 0.29) is 5.88 Å². The monoisotopic (exact) mass is 263 g/mol. The van der Waals surface area contributed by atoms with E-state index in [1.165, 1.54) is 25.5 Å². The normalized spacial score (nSPS) is 10.8. The third kappa shape index (κ3) is 6.60. The highest BCUT2D eigenvalue weighted by molar-refractivity contribution is 5.60. The first kappa shape index (κ1) is 15.2. The number of aromatic nitrogens is 1. The molecule has 0 radical (unpaired) electrons. The van der Waals surface area contributed by atoms with Gasteiger partial charge in [0.1, 0.15) is 0 Å². The van der Waals surface area contributed by atoms with E-state index in [4.69, 9.17) is 5.11 Å². The zero-order valence-corrected chi connectivity index (χ0v) is 11.3. The van der Waals surface area contributed by atoms with Gasteiger partial charge in [-0.25, -0.2) is 9.78 Å². The van der Waals surface area contributed by atoms with Crippen molar-refractivity contribution in [3.8, 4) is 5.88 Å². The van der Waals surface area contributed by atoms with Crippen molar-refractivity contribution < 1.29 is 14.6 Å². The lowest BCUT2D eigenvalue weighted by Crippen LogP contribution is -2.06. The van der Waals surface area contributed by atoms with E-state index in [9.17, 15) is 4.79 Å². The minimum atomic E-state index is -1.32. The van der Waals surface area contributed by atoms with Crippen LogP contribution in [0.25, 0.3) is 0 Å². The molecule has 0 aliphatic heterocycles. The molecule has 0 spiro atoms. The Hall–Kier alpha value is -1.84. The Labute approximate surface area is 114 Å². The number of hydrogen-bond donors (Lipinski definition) is 1. The predicted molar refractivity (Wildman–Crippen MR) is 74.5 cm³/mol. The number of aryl methyl sites for hydroxylation is 1. The molecule has 1 aromatic heterocycles. The Bertz CT molecular complexity index is 416. The first-order chi connectivity index (χ1) is 9.24. The van der Waals surface area contributed by atoms with Crippen molar-refractivity contribution in [3.05, 3.63) is 36.0 Å². The molecule has 0 fully saturated rings. The molecule has 0 bridgehead atoms. The highest BCUT2D eigenvalue weighted by atomic mass is 16.7. The number of hydrogen-bond acceptors (Lipinski definition) is 3. The first-order valence-corrected chi connectivity index (χ1v) is 6.73. The molecule has 4 heteroatoms. The number of pyridine rings is 1. The molecule has 4 nitrogen and oxygen atoms in total. The fourth-order valence-corrected chi connectivity index (χ4v) is 1.78. The lowest BCUT2D eigenvalue weighted by molar-refractivity contribution is 0.142. The molecule has 0 saturated carbocycles. The van der Waals surface area contributed by atoms with Gasteiger partial charge in [0.15, 0.2) is 0 Å². The molecule has 1 heterocycles. The molecule has 19 heavy (non-hydrogen) atoms. The van der Waals surface area contributed by atoms with Crippen LogP contribution in [0.2, 0.25) is 0 Å². The van der Waals surface area contributed by atoms with Gasteiger partial charge in [0, 0.05) is 11.8 Å². The van der Waals surface area contributed by atoms with Crippen molar-refractivity contribution in [1.82, 2.24) is 4.98 Å². The molecule has 0 aromatic carbocycles. The summed E-state index contributed by atoms with van der Waals surface area (Å²) in [6, 6.07) is 3.63. The minimum Gasteiger partial charge on any atom is -0.449 e. The zero-order valence-electron chi connectivity index (χ0n) is 11.3. The molecule has 0 amide bonds. The van der Waals surface area contributed by atoms with Gasteiger partial charge in [-0.05, 0) is 31.7 Å². The van der Waals surface area contributed by atoms with Crippen LogP contribution in [0.1, 0.15) is 44.6 Å². The summed E-state index contributed by atoms with van der Waals surface area (Å²) in [5, 5.41) is 8.61. The Morgan fingerprint density at radius 3 is 2.89 bits per heavy atom.